The van der Waals surface area contributed by atoms with Gasteiger partial charge in [0.1, 0.15) is 5.58 Å². The van der Waals surface area contributed by atoms with Crippen LogP contribution in [0.4, 0.5) is 11.4 Å². The fourth-order valence-corrected chi connectivity index (χ4v) is 3.74. The normalized spacial score (nSPS) is 14.7. The molecule has 1 aliphatic rings. The van der Waals surface area contributed by atoms with Crippen LogP contribution in [0.25, 0.3) is 11.0 Å². The van der Waals surface area contributed by atoms with Gasteiger partial charge < -0.3 is 24.3 Å². The van der Waals surface area contributed by atoms with E-state index in [4.69, 9.17) is 9.15 Å². The molecule has 4 rings (SSSR count). The quantitative estimate of drug-likeness (QED) is 0.651. The number of hydrogen-bond acceptors (Lipinski definition) is 6. The predicted molar refractivity (Wildman–Crippen MR) is 116 cm³/mol. The number of nitrogens with one attached hydrogen (secondary N) is 1. The lowest BCUT2D eigenvalue weighted by Crippen LogP contribution is -2.46. The van der Waals surface area contributed by atoms with Crippen molar-refractivity contribution in [3.63, 3.8) is 0 Å². The first-order valence-corrected chi connectivity index (χ1v) is 10.1. The van der Waals surface area contributed by atoms with Crippen LogP contribution in [0.5, 0.6) is 0 Å². The first kappa shape index (κ1) is 20.0. The first-order valence-electron chi connectivity index (χ1n) is 10.1. The van der Waals surface area contributed by atoms with E-state index in [2.05, 4.69) is 22.0 Å². The molecule has 7 nitrogen and oxygen atoms in total. The predicted octanol–water partition coefficient (Wildman–Crippen LogP) is 3.61. The summed E-state index contributed by atoms with van der Waals surface area (Å²) >= 11 is 0. The number of amides is 1. The first-order chi connectivity index (χ1) is 14.6. The zero-order chi connectivity index (χ0) is 21.1. The maximum Gasteiger partial charge on any atom is 0.337 e. The fraction of sp³-hybridized carbons (Fsp3) is 0.304. The fourth-order valence-electron chi connectivity index (χ4n) is 3.74. The number of rotatable bonds is 5. The van der Waals surface area contributed by atoms with Gasteiger partial charge in [-0.05, 0) is 36.9 Å². The largest absolute Gasteiger partial charge is 0.465 e. The number of furan rings is 1. The number of likely N-dealkylation sites (N-methyl/N-ethyl adjacent to an activating group) is 1. The molecule has 1 saturated heterocycles. The zero-order valence-corrected chi connectivity index (χ0v) is 17.2. The molecular formula is C23H25N3O4. The highest BCUT2D eigenvalue weighted by Gasteiger charge is 2.22. The van der Waals surface area contributed by atoms with E-state index < -0.39 is 5.97 Å². The molecular weight excluding hydrogens is 382 g/mol. The van der Waals surface area contributed by atoms with Crippen LogP contribution in [-0.4, -0.2) is 56.6 Å². The minimum Gasteiger partial charge on any atom is -0.465 e. The van der Waals surface area contributed by atoms with Gasteiger partial charge >= 0.3 is 5.97 Å². The van der Waals surface area contributed by atoms with Gasteiger partial charge in [-0.15, -0.1) is 0 Å². The second-order valence-corrected chi connectivity index (χ2v) is 7.25. The van der Waals surface area contributed by atoms with Crippen molar-refractivity contribution in [3.05, 3.63) is 59.9 Å². The van der Waals surface area contributed by atoms with Gasteiger partial charge in [-0.3, -0.25) is 4.79 Å². The number of fused-ring (bicyclic) bond motifs is 1. The van der Waals surface area contributed by atoms with E-state index in [0.717, 1.165) is 43.8 Å². The molecule has 7 heteroatoms. The Hall–Kier alpha value is -3.32. The van der Waals surface area contributed by atoms with Gasteiger partial charge in [-0.25, -0.2) is 4.79 Å². The van der Waals surface area contributed by atoms with E-state index in [1.54, 1.807) is 18.2 Å². The van der Waals surface area contributed by atoms with Gasteiger partial charge in [0.15, 0.2) is 5.76 Å². The van der Waals surface area contributed by atoms with Gasteiger partial charge in [0.25, 0.3) is 5.91 Å². The van der Waals surface area contributed by atoms with E-state index in [1.165, 1.54) is 7.11 Å². The Morgan fingerprint density at radius 1 is 1.07 bits per heavy atom. The number of ether oxygens (including phenoxy) is 1. The Morgan fingerprint density at radius 3 is 2.53 bits per heavy atom. The maximum atomic E-state index is 12.9. The summed E-state index contributed by atoms with van der Waals surface area (Å²) in [6, 6.07) is 14.4. The molecule has 30 heavy (non-hydrogen) atoms. The van der Waals surface area contributed by atoms with Crippen molar-refractivity contribution >= 4 is 34.2 Å². The van der Waals surface area contributed by atoms with Crippen LogP contribution in [0.15, 0.2) is 52.9 Å². The molecule has 0 atom stereocenters. The van der Waals surface area contributed by atoms with Crippen molar-refractivity contribution in [2.75, 3.05) is 50.1 Å². The molecule has 1 aromatic heterocycles. The lowest BCUT2D eigenvalue weighted by atomic mass is 10.1. The van der Waals surface area contributed by atoms with Crippen molar-refractivity contribution in [1.82, 2.24) is 4.90 Å². The molecule has 156 valence electrons. The molecule has 2 aromatic carbocycles. The molecule has 0 aliphatic carbocycles. The molecule has 1 amide bonds. The highest BCUT2D eigenvalue weighted by molar-refractivity contribution is 6.07. The number of esters is 1. The third-order valence-corrected chi connectivity index (χ3v) is 5.48. The number of piperazine rings is 1. The Morgan fingerprint density at radius 2 is 1.83 bits per heavy atom. The van der Waals surface area contributed by atoms with Gasteiger partial charge in [-0.1, -0.05) is 25.1 Å². The van der Waals surface area contributed by atoms with Crippen molar-refractivity contribution in [2.24, 2.45) is 0 Å². The number of carbonyl (C=O) groups excluding carboxylic acids is 2. The molecule has 1 fully saturated rings. The van der Waals surface area contributed by atoms with Crippen molar-refractivity contribution in [1.29, 1.82) is 0 Å². The van der Waals surface area contributed by atoms with Gasteiger partial charge in [-0.2, -0.15) is 0 Å². The molecule has 0 bridgehead atoms. The van der Waals surface area contributed by atoms with E-state index in [0.29, 0.717) is 16.8 Å². The number of methoxy groups -OCH3 is 1. The molecule has 3 aromatic rings. The Balaban J connectivity index is 1.63. The second-order valence-electron chi connectivity index (χ2n) is 7.25. The summed E-state index contributed by atoms with van der Waals surface area (Å²) in [5.41, 5.74) is 2.48. The molecule has 2 heterocycles. The van der Waals surface area contributed by atoms with Crippen molar-refractivity contribution < 1.29 is 18.7 Å². The maximum absolute atomic E-state index is 12.9. The van der Waals surface area contributed by atoms with Crippen LogP contribution in [0.3, 0.4) is 0 Å². The summed E-state index contributed by atoms with van der Waals surface area (Å²) in [6.07, 6.45) is 0. The van der Waals surface area contributed by atoms with E-state index in [1.807, 2.05) is 30.3 Å². The number of anilines is 2. The zero-order valence-electron chi connectivity index (χ0n) is 17.2. The van der Waals surface area contributed by atoms with E-state index in [-0.39, 0.29) is 11.7 Å². The summed E-state index contributed by atoms with van der Waals surface area (Å²) < 4.78 is 10.5. The minimum atomic E-state index is -0.448. The Bertz CT molecular complexity index is 1030. The average Bonchev–Trinajstić information content (AvgIpc) is 3.23. The van der Waals surface area contributed by atoms with Crippen LogP contribution in [-0.2, 0) is 4.74 Å². The lowest BCUT2D eigenvalue weighted by Gasteiger charge is -2.36. The van der Waals surface area contributed by atoms with Crippen LogP contribution in [0.1, 0.15) is 27.8 Å². The highest BCUT2D eigenvalue weighted by Crippen LogP contribution is 2.30. The third kappa shape index (κ3) is 4.02. The molecule has 0 spiro atoms. The number of nitrogens with zero attached hydrogens (tertiary/aromatic N) is 2. The van der Waals surface area contributed by atoms with Crippen molar-refractivity contribution in [3.8, 4) is 0 Å². The number of para-hydroxylation sites is 1. The summed E-state index contributed by atoms with van der Waals surface area (Å²) in [5, 5.41) is 3.80. The van der Waals surface area contributed by atoms with Crippen molar-refractivity contribution in [2.45, 2.75) is 6.92 Å². The van der Waals surface area contributed by atoms with Crippen LogP contribution in [0.2, 0.25) is 0 Å². The smallest absolute Gasteiger partial charge is 0.337 e. The lowest BCUT2D eigenvalue weighted by molar-refractivity contribution is 0.0600. The number of hydrogen-bond donors (Lipinski definition) is 1. The third-order valence-electron chi connectivity index (χ3n) is 5.48. The Labute approximate surface area is 175 Å². The van der Waals surface area contributed by atoms with E-state index in [9.17, 15) is 9.59 Å². The number of benzene rings is 2. The summed E-state index contributed by atoms with van der Waals surface area (Å²) in [7, 11) is 1.34. The summed E-state index contributed by atoms with van der Waals surface area (Å²) in [4.78, 5) is 29.6. The van der Waals surface area contributed by atoms with Gasteiger partial charge in [0.2, 0.25) is 0 Å². The number of carbonyl (C=O) groups is 2. The summed E-state index contributed by atoms with van der Waals surface area (Å²) in [5.74, 6) is -0.584. The molecule has 0 radical (unpaired) electrons. The highest BCUT2D eigenvalue weighted by atomic mass is 16.5. The van der Waals surface area contributed by atoms with E-state index >= 15 is 0 Å². The average molecular weight is 407 g/mol. The monoisotopic (exact) mass is 407 g/mol. The second kappa shape index (κ2) is 8.59. The topological polar surface area (TPSA) is 75.0 Å². The molecule has 0 unspecified atom stereocenters. The van der Waals surface area contributed by atoms with Gasteiger partial charge in [0, 0.05) is 31.6 Å². The summed E-state index contributed by atoms with van der Waals surface area (Å²) in [6.45, 7) is 6.76. The van der Waals surface area contributed by atoms with Crippen LogP contribution >= 0.6 is 0 Å². The van der Waals surface area contributed by atoms with Gasteiger partial charge in [0.05, 0.1) is 24.0 Å². The standard InChI is InChI=1S/C23H25N3O4/c1-3-25-10-12-26(13-11-25)19-9-8-17(23(28)29-2)14-18(19)24-22(27)21-15-16-6-4-5-7-20(16)30-21/h4-9,14-15H,3,10-13H2,1-2H3,(H,24,27). The van der Waals surface area contributed by atoms with Crippen LogP contribution < -0.4 is 10.2 Å². The molecule has 0 saturated carbocycles. The Kier molecular flexibility index (Phi) is 5.72. The molecule has 1 aliphatic heterocycles. The molecule has 1 N–H and O–H groups in total. The minimum absolute atomic E-state index is 0.224. The SMILES string of the molecule is CCN1CCN(c2ccc(C(=O)OC)cc2NC(=O)c2cc3ccccc3o2)CC1. The van der Waals surface area contributed by atoms with Crippen LogP contribution in [0, 0.1) is 0 Å².